The molecule has 0 atom stereocenters. The van der Waals surface area contributed by atoms with Crippen molar-refractivity contribution >= 4 is 39.1 Å². The minimum Gasteiger partial charge on any atom is -0.506 e. The summed E-state index contributed by atoms with van der Waals surface area (Å²) in [7, 11) is 0. The number of nitrogens with zero attached hydrogens (tertiary/aromatic N) is 1. The van der Waals surface area contributed by atoms with Crippen LogP contribution in [0.5, 0.6) is 5.75 Å². The van der Waals surface area contributed by atoms with Crippen LogP contribution in [0.3, 0.4) is 0 Å². The molecule has 0 unspecified atom stereocenters. The number of carbonyl (C=O) groups excluding carboxylic acids is 1. The second kappa shape index (κ2) is 4.84. The number of fused-ring (bicyclic) bond motifs is 1. The number of H-pyrrole nitrogens is 1. The Morgan fingerprint density at radius 1 is 1.67 bits per heavy atom. The maximum absolute atomic E-state index is 11.3. The van der Waals surface area contributed by atoms with Crippen molar-refractivity contribution in [1.82, 2.24) is 4.98 Å². The lowest BCUT2D eigenvalue weighted by atomic mass is 10.3. The number of aromatic nitrogens is 1. The van der Waals surface area contributed by atoms with Gasteiger partial charge < -0.3 is 10.1 Å². The molecule has 2 aromatic rings. The van der Waals surface area contributed by atoms with E-state index in [0.717, 1.165) is 6.07 Å². The number of thioether (sulfide) groups is 1. The third-order valence-corrected chi connectivity index (χ3v) is 4.77. The van der Waals surface area contributed by atoms with Gasteiger partial charge in [0.1, 0.15) is 23.2 Å². The topological polar surface area (TPSA) is 93.9 Å². The molecule has 2 heterocycles. The van der Waals surface area contributed by atoms with Crippen LogP contribution >= 0.6 is 23.1 Å². The molecule has 18 heavy (non-hydrogen) atoms. The normalized spacial score (nSPS) is 10.4. The van der Waals surface area contributed by atoms with E-state index in [2.05, 4.69) is 4.98 Å². The zero-order valence-electron chi connectivity index (χ0n) is 9.31. The molecule has 7 heteroatoms. The highest BCUT2D eigenvalue weighted by Gasteiger charge is 2.16. The molecule has 0 saturated carbocycles. The largest absolute Gasteiger partial charge is 0.506 e. The Balaban J connectivity index is 2.62. The monoisotopic (exact) mass is 280 g/mol. The third-order valence-electron chi connectivity index (χ3n) is 2.14. The first-order valence-electron chi connectivity index (χ1n) is 4.94. The minimum absolute atomic E-state index is 0.000869. The minimum atomic E-state index is -0.461. The summed E-state index contributed by atoms with van der Waals surface area (Å²) in [4.78, 5) is 24.7. The van der Waals surface area contributed by atoms with Gasteiger partial charge in [0.15, 0.2) is 0 Å². The number of hydrogen-bond acceptors (Lipinski definition) is 6. The van der Waals surface area contributed by atoms with Gasteiger partial charge in [-0.2, -0.15) is 5.26 Å². The van der Waals surface area contributed by atoms with Crippen molar-refractivity contribution in [1.29, 1.82) is 5.26 Å². The fraction of sp³-hybridized carbons (Fsp3) is 0.182. The number of aromatic amines is 1. The molecule has 0 aliphatic rings. The van der Waals surface area contributed by atoms with Gasteiger partial charge in [0, 0.05) is 6.07 Å². The van der Waals surface area contributed by atoms with Gasteiger partial charge in [0.2, 0.25) is 0 Å². The van der Waals surface area contributed by atoms with Crippen molar-refractivity contribution in [3.05, 3.63) is 22.0 Å². The van der Waals surface area contributed by atoms with E-state index in [-0.39, 0.29) is 17.3 Å². The SMILES string of the molecule is CC(=O)CSc1sc2c(O)cc(=O)[nH]c2c1C#N. The van der Waals surface area contributed by atoms with Gasteiger partial charge in [0.25, 0.3) is 5.56 Å². The Morgan fingerprint density at radius 3 is 3.00 bits per heavy atom. The van der Waals surface area contributed by atoms with Crippen LogP contribution in [-0.4, -0.2) is 21.6 Å². The van der Waals surface area contributed by atoms with Crippen LogP contribution in [0.4, 0.5) is 0 Å². The molecule has 92 valence electrons. The van der Waals surface area contributed by atoms with E-state index in [1.807, 2.05) is 6.07 Å². The first-order chi connectivity index (χ1) is 8.52. The predicted molar refractivity (Wildman–Crippen MR) is 70.2 cm³/mol. The maximum Gasteiger partial charge on any atom is 0.252 e. The first-order valence-corrected chi connectivity index (χ1v) is 6.74. The van der Waals surface area contributed by atoms with Gasteiger partial charge in [0.05, 0.1) is 20.2 Å². The van der Waals surface area contributed by atoms with E-state index in [4.69, 9.17) is 5.26 Å². The molecular weight excluding hydrogens is 272 g/mol. The summed E-state index contributed by atoms with van der Waals surface area (Å²) in [5.74, 6) is 0.107. The Hall–Kier alpha value is -1.78. The zero-order valence-corrected chi connectivity index (χ0v) is 10.9. The van der Waals surface area contributed by atoms with E-state index < -0.39 is 5.56 Å². The highest BCUT2D eigenvalue weighted by molar-refractivity contribution is 8.02. The average Bonchev–Trinajstić information content (AvgIpc) is 2.64. The molecule has 0 radical (unpaired) electrons. The molecule has 0 aliphatic carbocycles. The van der Waals surface area contributed by atoms with Crippen LogP contribution in [0.25, 0.3) is 10.2 Å². The lowest BCUT2D eigenvalue weighted by Gasteiger charge is -1.94. The molecule has 2 aromatic heterocycles. The van der Waals surface area contributed by atoms with Crippen LogP contribution < -0.4 is 5.56 Å². The highest BCUT2D eigenvalue weighted by Crippen LogP contribution is 2.39. The fourth-order valence-corrected chi connectivity index (χ4v) is 3.57. The molecule has 5 nitrogen and oxygen atoms in total. The summed E-state index contributed by atoms with van der Waals surface area (Å²) in [6.45, 7) is 1.46. The molecule has 0 aromatic carbocycles. The number of carbonyl (C=O) groups is 1. The van der Waals surface area contributed by atoms with Crippen LogP contribution in [-0.2, 0) is 4.79 Å². The number of Topliss-reactive ketones (excluding diaryl/α,β-unsaturated/α-hetero) is 1. The number of hydrogen-bond donors (Lipinski definition) is 2. The number of thiophene rings is 1. The highest BCUT2D eigenvalue weighted by atomic mass is 32.2. The van der Waals surface area contributed by atoms with Crippen LogP contribution in [0.15, 0.2) is 15.1 Å². The summed E-state index contributed by atoms with van der Waals surface area (Å²) in [5.41, 5.74) is 0.171. The number of rotatable bonds is 3. The van der Waals surface area contributed by atoms with Crippen molar-refractivity contribution in [2.24, 2.45) is 0 Å². The second-order valence-corrected chi connectivity index (χ2v) is 5.85. The van der Waals surface area contributed by atoms with Crippen LogP contribution in [0.2, 0.25) is 0 Å². The number of ketones is 1. The van der Waals surface area contributed by atoms with Gasteiger partial charge in [-0.05, 0) is 6.92 Å². The van der Waals surface area contributed by atoms with Gasteiger partial charge in [-0.15, -0.1) is 23.1 Å². The first kappa shape index (κ1) is 12.7. The molecule has 0 saturated heterocycles. The van der Waals surface area contributed by atoms with Crippen LogP contribution in [0.1, 0.15) is 12.5 Å². The summed E-state index contributed by atoms with van der Waals surface area (Å²) >= 11 is 2.43. The van der Waals surface area contributed by atoms with Gasteiger partial charge in [-0.1, -0.05) is 0 Å². The number of aromatic hydroxyl groups is 1. The van der Waals surface area contributed by atoms with E-state index in [0.29, 0.717) is 20.0 Å². The number of nitrogens with one attached hydrogen (secondary N) is 1. The van der Waals surface area contributed by atoms with E-state index in [9.17, 15) is 14.7 Å². The molecule has 0 spiro atoms. The standard InChI is InChI=1S/C11H8N2O3S2/c1-5(14)4-17-11-6(3-12)9-10(18-11)7(15)2-8(16)13-9/h2H,4H2,1H3,(H2,13,15,16). The third kappa shape index (κ3) is 2.25. The smallest absolute Gasteiger partial charge is 0.252 e. The second-order valence-electron chi connectivity index (χ2n) is 3.59. The van der Waals surface area contributed by atoms with Gasteiger partial charge in [-0.3, -0.25) is 9.59 Å². The molecule has 0 bridgehead atoms. The van der Waals surface area contributed by atoms with Crippen molar-refractivity contribution in [2.45, 2.75) is 11.1 Å². The molecular formula is C11H8N2O3S2. The van der Waals surface area contributed by atoms with Gasteiger partial charge in [-0.25, -0.2) is 0 Å². The van der Waals surface area contributed by atoms with E-state index in [1.165, 1.54) is 30.0 Å². The van der Waals surface area contributed by atoms with Crippen molar-refractivity contribution in [2.75, 3.05) is 5.75 Å². The fourth-order valence-electron chi connectivity index (χ4n) is 1.43. The van der Waals surface area contributed by atoms with Crippen molar-refractivity contribution in [3.63, 3.8) is 0 Å². The summed E-state index contributed by atoms with van der Waals surface area (Å²) in [6, 6.07) is 3.06. The van der Waals surface area contributed by atoms with Crippen LogP contribution in [0, 0.1) is 11.3 Å². The Kier molecular flexibility index (Phi) is 3.41. The Bertz CT molecular complexity index is 724. The molecule has 2 N–H and O–H groups in total. The lowest BCUT2D eigenvalue weighted by Crippen LogP contribution is -2.02. The molecule has 0 fully saturated rings. The van der Waals surface area contributed by atoms with E-state index in [1.54, 1.807) is 0 Å². The maximum atomic E-state index is 11.3. The predicted octanol–water partition coefficient (Wildman–Crippen LogP) is 1.85. The van der Waals surface area contributed by atoms with Gasteiger partial charge >= 0.3 is 0 Å². The average molecular weight is 280 g/mol. The van der Waals surface area contributed by atoms with E-state index >= 15 is 0 Å². The molecule has 0 amide bonds. The number of nitriles is 1. The molecule has 2 rings (SSSR count). The number of pyridine rings is 1. The Morgan fingerprint density at radius 2 is 2.39 bits per heavy atom. The summed E-state index contributed by atoms with van der Waals surface area (Å²) in [5, 5.41) is 18.8. The van der Waals surface area contributed by atoms with Crippen molar-refractivity contribution in [3.8, 4) is 11.8 Å². The molecule has 0 aliphatic heterocycles. The zero-order chi connectivity index (χ0) is 13.3. The quantitative estimate of drug-likeness (QED) is 0.837. The Labute approximate surface area is 110 Å². The van der Waals surface area contributed by atoms with Crippen molar-refractivity contribution < 1.29 is 9.90 Å². The summed E-state index contributed by atoms with van der Waals surface area (Å²) < 4.78 is 1.08. The lowest BCUT2D eigenvalue weighted by molar-refractivity contribution is -0.114. The summed E-state index contributed by atoms with van der Waals surface area (Å²) in [6.07, 6.45) is 0.